The van der Waals surface area contributed by atoms with Crippen LogP contribution in [0.5, 0.6) is 0 Å². The van der Waals surface area contributed by atoms with Crippen LogP contribution in [-0.4, -0.2) is 52.9 Å². The van der Waals surface area contributed by atoms with Crippen molar-refractivity contribution in [3.63, 3.8) is 0 Å². The number of rotatable bonds is 3. The largest absolute Gasteiger partial charge is 0.343 e. The number of thiazole rings is 1. The molecule has 27 heavy (non-hydrogen) atoms. The van der Waals surface area contributed by atoms with Gasteiger partial charge in [-0.3, -0.25) is 10.1 Å². The molecule has 3 rings (SSSR count). The average molecular weight is 394 g/mol. The lowest BCUT2D eigenvalue weighted by molar-refractivity contribution is -0.130. The fourth-order valence-electron chi connectivity index (χ4n) is 3.07. The summed E-state index contributed by atoms with van der Waals surface area (Å²) in [5, 5.41) is 3.68. The number of likely N-dealkylation sites (tertiary alicyclic amines) is 1. The summed E-state index contributed by atoms with van der Waals surface area (Å²) in [5.41, 5.74) is 0.322. The third kappa shape index (κ3) is 4.60. The van der Waals surface area contributed by atoms with Gasteiger partial charge in [0.2, 0.25) is 5.91 Å². The van der Waals surface area contributed by atoms with Gasteiger partial charge >= 0.3 is 6.03 Å². The van der Waals surface area contributed by atoms with Crippen molar-refractivity contribution in [2.75, 3.05) is 25.5 Å². The van der Waals surface area contributed by atoms with Crippen molar-refractivity contribution in [2.45, 2.75) is 25.8 Å². The molecule has 1 fully saturated rings. The van der Waals surface area contributed by atoms with Gasteiger partial charge in [0.1, 0.15) is 21.6 Å². The van der Waals surface area contributed by atoms with E-state index >= 15 is 0 Å². The molecule has 0 aliphatic carbocycles. The van der Waals surface area contributed by atoms with Crippen LogP contribution in [0.4, 0.5) is 18.6 Å². The Kier molecular flexibility index (Phi) is 5.69. The molecule has 1 aliphatic rings. The number of hydrogen-bond donors (Lipinski definition) is 1. The smallest absolute Gasteiger partial charge is 0.322 e. The SMILES string of the molecule is CC(=O)N1CCC(N(C)C(=O)Nc2cnc(-c3cc(F)cc(F)c3)s2)CC1. The van der Waals surface area contributed by atoms with Crippen LogP contribution in [0, 0.1) is 11.6 Å². The Balaban J connectivity index is 1.61. The Bertz CT molecular complexity index is 829. The lowest BCUT2D eigenvalue weighted by atomic mass is 10.0. The minimum absolute atomic E-state index is 0.0466. The summed E-state index contributed by atoms with van der Waals surface area (Å²) in [6.07, 6.45) is 2.91. The predicted octanol–water partition coefficient (Wildman–Crippen LogP) is 3.56. The lowest BCUT2D eigenvalue weighted by Crippen LogP contribution is -2.47. The van der Waals surface area contributed by atoms with Gasteiger partial charge in [0.05, 0.1) is 6.20 Å². The van der Waals surface area contributed by atoms with Crippen molar-refractivity contribution < 1.29 is 18.4 Å². The number of urea groups is 1. The van der Waals surface area contributed by atoms with Crippen LogP contribution in [0.25, 0.3) is 10.6 Å². The molecule has 1 N–H and O–H groups in total. The lowest BCUT2D eigenvalue weighted by Gasteiger charge is -2.36. The minimum Gasteiger partial charge on any atom is -0.343 e. The molecule has 144 valence electrons. The molecule has 0 radical (unpaired) electrons. The Hall–Kier alpha value is -2.55. The zero-order chi connectivity index (χ0) is 19.6. The second-order valence-electron chi connectivity index (χ2n) is 6.47. The maximum atomic E-state index is 13.4. The Morgan fingerprint density at radius 1 is 1.22 bits per heavy atom. The highest BCUT2D eigenvalue weighted by Crippen LogP contribution is 2.30. The molecular formula is C18H20F2N4O2S. The maximum absolute atomic E-state index is 13.4. The van der Waals surface area contributed by atoms with E-state index in [0.29, 0.717) is 28.7 Å². The highest BCUT2D eigenvalue weighted by molar-refractivity contribution is 7.19. The number of hydrogen-bond acceptors (Lipinski definition) is 4. The number of benzene rings is 1. The molecule has 0 unspecified atom stereocenters. The highest BCUT2D eigenvalue weighted by Gasteiger charge is 2.26. The Labute approximate surface area is 159 Å². The number of carbonyl (C=O) groups excluding carboxylic acids is 2. The van der Waals surface area contributed by atoms with Crippen molar-refractivity contribution in [2.24, 2.45) is 0 Å². The number of halogens is 2. The average Bonchev–Trinajstić information content (AvgIpc) is 3.09. The molecule has 2 aromatic rings. The van der Waals surface area contributed by atoms with Gasteiger partial charge in [0.25, 0.3) is 0 Å². The summed E-state index contributed by atoms with van der Waals surface area (Å²) in [4.78, 5) is 31.4. The van der Waals surface area contributed by atoms with E-state index in [-0.39, 0.29) is 18.0 Å². The van der Waals surface area contributed by atoms with Gasteiger partial charge in [-0.15, -0.1) is 0 Å². The topological polar surface area (TPSA) is 65.5 Å². The number of nitrogens with zero attached hydrogens (tertiary/aromatic N) is 3. The first-order valence-corrected chi connectivity index (χ1v) is 9.37. The number of amides is 3. The molecule has 1 aromatic carbocycles. The van der Waals surface area contributed by atoms with E-state index in [1.165, 1.54) is 18.3 Å². The summed E-state index contributed by atoms with van der Waals surface area (Å²) < 4.78 is 26.7. The molecule has 0 atom stereocenters. The van der Waals surface area contributed by atoms with Crippen LogP contribution >= 0.6 is 11.3 Å². The zero-order valence-electron chi connectivity index (χ0n) is 15.0. The summed E-state index contributed by atoms with van der Waals surface area (Å²) in [6, 6.07) is 2.96. The third-order valence-corrected chi connectivity index (χ3v) is 5.59. The van der Waals surface area contributed by atoms with Crippen LogP contribution in [0.3, 0.4) is 0 Å². The molecule has 1 saturated heterocycles. The Morgan fingerprint density at radius 2 is 1.85 bits per heavy atom. The van der Waals surface area contributed by atoms with Crippen LogP contribution in [-0.2, 0) is 4.79 Å². The van der Waals surface area contributed by atoms with Crippen molar-refractivity contribution in [1.82, 2.24) is 14.8 Å². The summed E-state index contributed by atoms with van der Waals surface area (Å²) in [6.45, 7) is 2.81. The van der Waals surface area contributed by atoms with Gasteiger partial charge in [-0.2, -0.15) is 0 Å². The zero-order valence-corrected chi connectivity index (χ0v) is 15.9. The predicted molar refractivity (Wildman–Crippen MR) is 99.5 cm³/mol. The van der Waals surface area contributed by atoms with Crippen LogP contribution in [0.1, 0.15) is 19.8 Å². The van der Waals surface area contributed by atoms with Gasteiger partial charge < -0.3 is 9.80 Å². The molecule has 0 saturated carbocycles. The molecule has 0 spiro atoms. The molecule has 0 bridgehead atoms. The fourth-order valence-corrected chi connectivity index (χ4v) is 3.86. The molecular weight excluding hydrogens is 374 g/mol. The Morgan fingerprint density at radius 3 is 2.44 bits per heavy atom. The number of aromatic nitrogens is 1. The van der Waals surface area contributed by atoms with Gasteiger partial charge in [-0.05, 0) is 25.0 Å². The second-order valence-corrected chi connectivity index (χ2v) is 7.50. The van der Waals surface area contributed by atoms with Crippen molar-refractivity contribution in [1.29, 1.82) is 0 Å². The summed E-state index contributed by atoms with van der Waals surface area (Å²) in [5.74, 6) is -1.31. The standard InChI is InChI=1S/C18H20F2N4O2S/c1-11(25)24-5-3-15(4-6-24)23(2)18(26)22-16-10-21-17(27-16)12-7-13(19)9-14(20)8-12/h7-10,15H,3-6H2,1-2H3,(H,22,26). The molecule has 1 aliphatic heterocycles. The van der Waals surface area contributed by atoms with E-state index in [1.54, 1.807) is 23.8 Å². The van der Waals surface area contributed by atoms with Crippen molar-refractivity contribution in [3.8, 4) is 10.6 Å². The van der Waals surface area contributed by atoms with Crippen LogP contribution in [0.15, 0.2) is 24.4 Å². The van der Waals surface area contributed by atoms with Gasteiger partial charge in [0.15, 0.2) is 0 Å². The first kappa shape index (κ1) is 19.2. The molecule has 1 aromatic heterocycles. The quantitative estimate of drug-likeness (QED) is 0.866. The first-order chi connectivity index (χ1) is 12.8. The monoisotopic (exact) mass is 394 g/mol. The van der Waals surface area contributed by atoms with Gasteiger partial charge in [-0.1, -0.05) is 11.3 Å². The number of nitrogens with one attached hydrogen (secondary N) is 1. The third-order valence-electron chi connectivity index (χ3n) is 4.62. The maximum Gasteiger partial charge on any atom is 0.322 e. The van der Waals surface area contributed by atoms with E-state index in [0.717, 1.165) is 30.2 Å². The fraction of sp³-hybridized carbons (Fsp3) is 0.389. The second kappa shape index (κ2) is 7.99. The van der Waals surface area contributed by atoms with Crippen LogP contribution < -0.4 is 5.32 Å². The van der Waals surface area contributed by atoms with Gasteiger partial charge in [-0.25, -0.2) is 18.6 Å². The molecule has 2 heterocycles. The number of carbonyl (C=O) groups is 2. The van der Waals surface area contributed by atoms with Crippen molar-refractivity contribution >= 4 is 28.3 Å². The number of anilines is 1. The highest BCUT2D eigenvalue weighted by atomic mass is 32.1. The van der Waals surface area contributed by atoms with E-state index in [4.69, 9.17) is 0 Å². The minimum atomic E-state index is -0.678. The normalized spacial score (nSPS) is 14.9. The number of piperidine rings is 1. The van der Waals surface area contributed by atoms with E-state index in [1.807, 2.05) is 0 Å². The summed E-state index contributed by atoms with van der Waals surface area (Å²) >= 11 is 1.14. The van der Waals surface area contributed by atoms with Gasteiger partial charge in [0, 0.05) is 44.7 Å². The van der Waals surface area contributed by atoms with E-state index in [2.05, 4.69) is 10.3 Å². The summed E-state index contributed by atoms with van der Waals surface area (Å²) in [7, 11) is 1.72. The molecule has 3 amide bonds. The van der Waals surface area contributed by atoms with E-state index in [9.17, 15) is 18.4 Å². The van der Waals surface area contributed by atoms with Crippen LogP contribution in [0.2, 0.25) is 0 Å². The van der Waals surface area contributed by atoms with E-state index < -0.39 is 11.6 Å². The first-order valence-electron chi connectivity index (χ1n) is 8.55. The molecule has 6 nitrogen and oxygen atoms in total. The molecule has 9 heteroatoms. The van der Waals surface area contributed by atoms with Crippen molar-refractivity contribution in [3.05, 3.63) is 36.0 Å².